The number of hydrogen-bond donors (Lipinski definition) is 2. The molecule has 2 N–H and O–H groups in total. The van der Waals surface area contributed by atoms with Gasteiger partial charge in [-0.05, 0) is 45.2 Å². The van der Waals surface area contributed by atoms with Gasteiger partial charge >= 0.3 is 0 Å². The summed E-state index contributed by atoms with van der Waals surface area (Å²) in [5.41, 5.74) is -0.500. The second-order valence-corrected chi connectivity index (χ2v) is 6.28. The third-order valence-electron chi connectivity index (χ3n) is 4.82. The zero-order chi connectivity index (χ0) is 14.6. The van der Waals surface area contributed by atoms with Crippen LogP contribution in [-0.2, 0) is 0 Å². The van der Waals surface area contributed by atoms with Crippen LogP contribution < -0.4 is 5.32 Å². The number of aliphatic hydroxyl groups is 1. The molecule has 0 aromatic heterocycles. The largest absolute Gasteiger partial charge is 0.388 e. The first-order chi connectivity index (χ1) is 9.58. The first-order valence-electron chi connectivity index (χ1n) is 7.96. The van der Waals surface area contributed by atoms with Gasteiger partial charge in [0.1, 0.15) is 0 Å². The van der Waals surface area contributed by atoms with Crippen LogP contribution in [0.2, 0.25) is 0 Å². The summed E-state index contributed by atoms with van der Waals surface area (Å²) < 4.78 is 0. The fourth-order valence-corrected chi connectivity index (χ4v) is 3.31. The first kappa shape index (κ1) is 19.0. The lowest BCUT2D eigenvalue weighted by Gasteiger charge is -2.38. The maximum Gasteiger partial charge on any atom is 0.193 e. The predicted molar refractivity (Wildman–Crippen MR) is 98.5 cm³/mol. The number of nitrogens with one attached hydrogen (secondary N) is 1. The van der Waals surface area contributed by atoms with E-state index in [1.807, 2.05) is 7.05 Å². The lowest BCUT2D eigenvalue weighted by atomic mass is 9.80. The molecule has 1 saturated carbocycles. The summed E-state index contributed by atoms with van der Waals surface area (Å²) in [6.45, 7) is 6.21. The normalized spacial score (nSPS) is 25.1. The van der Waals surface area contributed by atoms with Crippen molar-refractivity contribution in [3.05, 3.63) is 0 Å². The Bertz CT molecular complexity index is 347. The Morgan fingerprint density at radius 3 is 2.67 bits per heavy atom. The molecule has 2 rings (SSSR count). The SMILES string of the molecule is CCN1CCCC1CN(C)C(=NC)NCC1(O)CCC1.I. The fraction of sp³-hybridized carbons (Fsp3) is 0.933. The summed E-state index contributed by atoms with van der Waals surface area (Å²) in [4.78, 5) is 9.08. The standard InChI is InChI=1S/C15H30N4O.HI/c1-4-19-10-5-7-13(19)11-18(3)14(16-2)17-12-15(20)8-6-9-15;/h13,20H,4-12H2,1-3H3,(H,16,17);1H. The third-order valence-corrected chi connectivity index (χ3v) is 4.82. The van der Waals surface area contributed by atoms with Crippen molar-refractivity contribution in [2.45, 2.75) is 50.7 Å². The van der Waals surface area contributed by atoms with Gasteiger partial charge in [-0.3, -0.25) is 9.89 Å². The van der Waals surface area contributed by atoms with E-state index in [0.717, 1.165) is 38.3 Å². The van der Waals surface area contributed by atoms with Gasteiger partial charge in [-0.2, -0.15) is 0 Å². The van der Waals surface area contributed by atoms with E-state index in [2.05, 4.69) is 34.1 Å². The van der Waals surface area contributed by atoms with Crippen LogP contribution in [0, 0.1) is 0 Å². The van der Waals surface area contributed by atoms with Crippen molar-refractivity contribution in [3.8, 4) is 0 Å². The van der Waals surface area contributed by atoms with Crippen LogP contribution in [0.4, 0.5) is 0 Å². The number of rotatable bonds is 5. The van der Waals surface area contributed by atoms with E-state index < -0.39 is 5.60 Å². The van der Waals surface area contributed by atoms with Crippen molar-refractivity contribution < 1.29 is 5.11 Å². The molecule has 0 amide bonds. The maximum atomic E-state index is 10.2. The summed E-state index contributed by atoms with van der Waals surface area (Å²) in [5.74, 6) is 0.897. The van der Waals surface area contributed by atoms with E-state index in [0.29, 0.717) is 12.6 Å². The molecular weight excluding hydrogens is 379 g/mol. The van der Waals surface area contributed by atoms with Crippen LogP contribution >= 0.6 is 24.0 Å². The highest BCUT2D eigenvalue weighted by atomic mass is 127. The predicted octanol–water partition coefficient (Wildman–Crippen LogP) is 1.51. The number of hydrogen-bond acceptors (Lipinski definition) is 3. The average Bonchev–Trinajstić information content (AvgIpc) is 2.84. The van der Waals surface area contributed by atoms with Crippen LogP contribution in [-0.4, -0.2) is 72.8 Å². The monoisotopic (exact) mass is 410 g/mol. The molecule has 6 heteroatoms. The Labute approximate surface area is 146 Å². The lowest BCUT2D eigenvalue weighted by Crippen LogP contribution is -2.52. The number of guanidine groups is 1. The molecule has 1 aliphatic heterocycles. The molecule has 0 spiro atoms. The molecule has 5 nitrogen and oxygen atoms in total. The minimum atomic E-state index is -0.500. The molecule has 0 aromatic rings. The molecule has 2 fully saturated rings. The van der Waals surface area contributed by atoms with Crippen LogP contribution in [0.1, 0.15) is 39.0 Å². The summed E-state index contributed by atoms with van der Waals surface area (Å²) >= 11 is 0. The van der Waals surface area contributed by atoms with Crippen molar-refractivity contribution in [1.82, 2.24) is 15.1 Å². The number of halogens is 1. The summed E-state index contributed by atoms with van der Waals surface area (Å²) in [6, 6.07) is 0.635. The second kappa shape index (κ2) is 8.53. The van der Waals surface area contributed by atoms with E-state index in [9.17, 15) is 5.11 Å². The Balaban J connectivity index is 0.00000220. The van der Waals surface area contributed by atoms with Gasteiger partial charge in [0, 0.05) is 33.2 Å². The van der Waals surface area contributed by atoms with Gasteiger partial charge in [-0.15, -0.1) is 24.0 Å². The van der Waals surface area contributed by atoms with Crippen molar-refractivity contribution in [2.24, 2.45) is 4.99 Å². The molecule has 2 aliphatic rings. The molecular formula is C15H31IN4O. The van der Waals surface area contributed by atoms with Crippen molar-refractivity contribution >= 4 is 29.9 Å². The van der Waals surface area contributed by atoms with E-state index >= 15 is 0 Å². The minimum Gasteiger partial charge on any atom is -0.388 e. The number of likely N-dealkylation sites (tertiary alicyclic amines) is 1. The smallest absolute Gasteiger partial charge is 0.193 e. The fourth-order valence-electron chi connectivity index (χ4n) is 3.31. The maximum absolute atomic E-state index is 10.2. The number of aliphatic imine (C=N–C) groups is 1. The zero-order valence-electron chi connectivity index (χ0n) is 13.6. The van der Waals surface area contributed by atoms with Crippen LogP contribution in [0.3, 0.4) is 0 Å². The van der Waals surface area contributed by atoms with E-state index in [4.69, 9.17) is 0 Å². The molecule has 1 heterocycles. The Morgan fingerprint density at radius 2 is 2.14 bits per heavy atom. The molecule has 1 atom stereocenters. The quantitative estimate of drug-likeness (QED) is 0.410. The molecule has 1 saturated heterocycles. The van der Waals surface area contributed by atoms with Gasteiger partial charge in [0.15, 0.2) is 5.96 Å². The number of nitrogens with zero attached hydrogens (tertiary/aromatic N) is 3. The third kappa shape index (κ3) is 4.96. The molecule has 1 aliphatic carbocycles. The Kier molecular flexibility index (Phi) is 7.70. The van der Waals surface area contributed by atoms with Crippen LogP contribution in [0.5, 0.6) is 0 Å². The minimum absolute atomic E-state index is 0. The van der Waals surface area contributed by atoms with Crippen molar-refractivity contribution in [2.75, 3.05) is 40.3 Å². The summed E-state index contributed by atoms with van der Waals surface area (Å²) in [6.07, 6.45) is 5.54. The average molecular weight is 410 g/mol. The highest BCUT2D eigenvalue weighted by Crippen LogP contribution is 2.30. The molecule has 124 valence electrons. The van der Waals surface area contributed by atoms with Gasteiger partial charge in [0.2, 0.25) is 0 Å². The van der Waals surface area contributed by atoms with E-state index in [1.165, 1.54) is 19.4 Å². The molecule has 21 heavy (non-hydrogen) atoms. The number of likely N-dealkylation sites (N-methyl/N-ethyl adjacent to an activating group) is 2. The highest BCUT2D eigenvalue weighted by Gasteiger charge is 2.34. The first-order valence-corrected chi connectivity index (χ1v) is 7.96. The van der Waals surface area contributed by atoms with Crippen LogP contribution in [0.25, 0.3) is 0 Å². The van der Waals surface area contributed by atoms with E-state index in [1.54, 1.807) is 0 Å². The van der Waals surface area contributed by atoms with Crippen molar-refractivity contribution in [1.29, 1.82) is 0 Å². The molecule has 1 unspecified atom stereocenters. The second-order valence-electron chi connectivity index (χ2n) is 6.28. The highest BCUT2D eigenvalue weighted by molar-refractivity contribution is 14.0. The van der Waals surface area contributed by atoms with Crippen molar-refractivity contribution in [3.63, 3.8) is 0 Å². The van der Waals surface area contributed by atoms with Gasteiger partial charge in [0.25, 0.3) is 0 Å². The van der Waals surface area contributed by atoms with Crippen LogP contribution in [0.15, 0.2) is 4.99 Å². The van der Waals surface area contributed by atoms with Gasteiger partial charge in [-0.1, -0.05) is 6.92 Å². The molecule has 0 radical (unpaired) electrons. The zero-order valence-corrected chi connectivity index (χ0v) is 16.0. The van der Waals surface area contributed by atoms with Gasteiger partial charge in [-0.25, -0.2) is 0 Å². The summed E-state index contributed by atoms with van der Waals surface area (Å²) in [7, 11) is 3.90. The Hall–Kier alpha value is -0.0800. The van der Waals surface area contributed by atoms with Gasteiger partial charge < -0.3 is 15.3 Å². The van der Waals surface area contributed by atoms with E-state index in [-0.39, 0.29) is 24.0 Å². The van der Waals surface area contributed by atoms with Gasteiger partial charge in [0.05, 0.1) is 5.60 Å². The molecule has 0 bridgehead atoms. The Morgan fingerprint density at radius 1 is 1.43 bits per heavy atom. The topological polar surface area (TPSA) is 51.1 Å². The molecule has 0 aromatic carbocycles. The summed E-state index contributed by atoms with van der Waals surface area (Å²) in [5, 5.41) is 13.5. The lowest BCUT2D eigenvalue weighted by molar-refractivity contribution is -0.0282.